The van der Waals surface area contributed by atoms with Crippen LogP contribution in [0.5, 0.6) is 0 Å². The summed E-state index contributed by atoms with van der Waals surface area (Å²) in [6.45, 7) is 1.22. The molecule has 1 heterocycles. The molecule has 0 saturated heterocycles. The number of hydrogen-bond acceptors (Lipinski definition) is 3. The average Bonchev–Trinajstić information content (AvgIpc) is 2.83. The zero-order valence-corrected chi connectivity index (χ0v) is 8.93. The first kappa shape index (κ1) is 10.9. The topological polar surface area (TPSA) is 60.9 Å². The fourth-order valence-corrected chi connectivity index (χ4v) is 1.52. The molecule has 0 aliphatic rings. The minimum atomic E-state index is -0.468. The summed E-state index contributed by atoms with van der Waals surface area (Å²) in [7, 11) is 0. The molecular weight excluding hydrogens is 202 g/mol. The minimum Gasteiger partial charge on any atom is -0.387 e. The van der Waals surface area contributed by atoms with Crippen molar-refractivity contribution in [3.8, 4) is 0 Å². The van der Waals surface area contributed by atoms with Gasteiger partial charge in [0.25, 0.3) is 0 Å². The molecule has 0 radical (unpaired) electrons. The summed E-state index contributed by atoms with van der Waals surface area (Å²) in [6.07, 6.45) is 2.94. The molecule has 84 valence electrons. The van der Waals surface area contributed by atoms with Crippen LogP contribution < -0.4 is 5.32 Å². The lowest BCUT2D eigenvalue weighted by Gasteiger charge is -2.11. The van der Waals surface area contributed by atoms with E-state index in [-0.39, 0.29) is 0 Å². The number of benzene rings is 1. The number of hydrogen-bond donors (Lipinski definition) is 3. The summed E-state index contributed by atoms with van der Waals surface area (Å²) in [5, 5.41) is 13.0. The molecule has 0 amide bonds. The first-order valence-electron chi connectivity index (χ1n) is 5.27. The van der Waals surface area contributed by atoms with Crippen molar-refractivity contribution < 1.29 is 5.11 Å². The molecule has 4 heteroatoms. The van der Waals surface area contributed by atoms with E-state index in [0.29, 0.717) is 13.1 Å². The molecule has 0 aliphatic carbocycles. The monoisotopic (exact) mass is 217 g/mol. The summed E-state index contributed by atoms with van der Waals surface area (Å²) in [6, 6.07) is 9.63. The summed E-state index contributed by atoms with van der Waals surface area (Å²) < 4.78 is 0. The lowest BCUT2D eigenvalue weighted by Crippen LogP contribution is -2.21. The summed E-state index contributed by atoms with van der Waals surface area (Å²) in [4.78, 5) is 6.92. The Balaban J connectivity index is 1.78. The van der Waals surface area contributed by atoms with Gasteiger partial charge in [-0.15, -0.1) is 0 Å². The van der Waals surface area contributed by atoms with Gasteiger partial charge >= 0.3 is 0 Å². The Morgan fingerprint density at radius 3 is 2.81 bits per heavy atom. The van der Waals surface area contributed by atoms with E-state index >= 15 is 0 Å². The second kappa shape index (κ2) is 5.44. The molecule has 2 rings (SSSR count). The van der Waals surface area contributed by atoms with Gasteiger partial charge in [0.05, 0.1) is 12.4 Å². The first-order valence-corrected chi connectivity index (χ1v) is 5.27. The van der Waals surface area contributed by atoms with Crippen molar-refractivity contribution in [2.24, 2.45) is 0 Å². The van der Waals surface area contributed by atoms with Gasteiger partial charge in [-0.3, -0.25) is 0 Å². The van der Waals surface area contributed by atoms with E-state index < -0.39 is 6.10 Å². The van der Waals surface area contributed by atoms with E-state index in [0.717, 1.165) is 11.3 Å². The van der Waals surface area contributed by atoms with E-state index in [4.69, 9.17) is 0 Å². The Kier molecular flexibility index (Phi) is 3.69. The number of nitrogens with one attached hydrogen (secondary N) is 2. The maximum atomic E-state index is 9.86. The van der Waals surface area contributed by atoms with Crippen LogP contribution in [0.1, 0.15) is 17.4 Å². The van der Waals surface area contributed by atoms with Crippen molar-refractivity contribution in [3.05, 3.63) is 54.1 Å². The molecule has 16 heavy (non-hydrogen) atoms. The lowest BCUT2D eigenvalue weighted by molar-refractivity contribution is 0.174. The quantitative estimate of drug-likeness (QED) is 0.706. The molecule has 1 unspecified atom stereocenters. The lowest BCUT2D eigenvalue weighted by atomic mass is 10.1. The molecule has 0 spiro atoms. The van der Waals surface area contributed by atoms with Crippen molar-refractivity contribution in [2.45, 2.75) is 12.6 Å². The molecule has 0 fully saturated rings. The van der Waals surface area contributed by atoms with E-state index in [1.165, 1.54) is 0 Å². The number of nitrogens with zero attached hydrogens (tertiary/aromatic N) is 1. The SMILES string of the molecule is OC(CNCc1cnc[nH]1)c1ccccc1. The van der Waals surface area contributed by atoms with Gasteiger partial charge in [-0.05, 0) is 5.56 Å². The van der Waals surface area contributed by atoms with Gasteiger partial charge in [-0.25, -0.2) is 4.98 Å². The highest BCUT2D eigenvalue weighted by Gasteiger charge is 2.05. The third-order valence-corrected chi connectivity index (χ3v) is 2.39. The molecular formula is C12H15N3O. The summed E-state index contributed by atoms with van der Waals surface area (Å²) in [5.74, 6) is 0. The smallest absolute Gasteiger partial charge is 0.0922 e. The largest absolute Gasteiger partial charge is 0.387 e. The van der Waals surface area contributed by atoms with Crippen molar-refractivity contribution >= 4 is 0 Å². The van der Waals surface area contributed by atoms with E-state index in [1.807, 2.05) is 30.3 Å². The Morgan fingerprint density at radius 2 is 2.12 bits per heavy atom. The molecule has 4 nitrogen and oxygen atoms in total. The highest BCUT2D eigenvalue weighted by molar-refractivity contribution is 5.17. The highest BCUT2D eigenvalue weighted by atomic mass is 16.3. The van der Waals surface area contributed by atoms with Crippen LogP contribution in [0.25, 0.3) is 0 Å². The van der Waals surface area contributed by atoms with Gasteiger partial charge in [0, 0.05) is 25.0 Å². The van der Waals surface area contributed by atoms with E-state index in [9.17, 15) is 5.11 Å². The van der Waals surface area contributed by atoms with E-state index in [1.54, 1.807) is 12.5 Å². The minimum absolute atomic E-state index is 0.468. The van der Waals surface area contributed by atoms with Crippen molar-refractivity contribution in [3.63, 3.8) is 0 Å². The number of imidazole rings is 1. The van der Waals surface area contributed by atoms with Crippen LogP contribution in [0.2, 0.25) is 0 Å². The van der Waals surface area contributed by atoms with Crippen LogP contribution in [0.4, 0.5) is 0 Å². The van der Waals surface area contributed by atoms with Gasteiger partial charge in [-0.2, -0.15) is 0 Å². The van der Waals surface area contributed by atoms with Gasteiger partial charge in [0.1, 0.15) is 0 Å². The Hall–Kier alpha value is -1.65. The van der Waals surface area contributed by atoms with Gasteiger partial charge in [-0.1, -0.05) is 30.3 Å². The molecule has 0 bridgehead atoms. The zero-order valence-electron chi connectivity index (χ0n) is 8.93. The van der Waals surface area contributed by atoms with Crippen LogP contribution in [-0.4, -0.2) is 21.6 Å². The number of rotatable bonds is 5. The predicted octanol–water partition coefficient (Wildman–Crippen LogP) is 1.23. The summed E-state index contributed by atoms with van der Waals surface area (Å²) in [5.41, 5.74) is 1.94. The molecule has 1 aromatic carbocycles. The standard InChI is InChI=1S/C12H15N3O/c16-12(10-4-2-1-3-5-10)8-13-6-11-7-14-9-15-11/h1-5,7,9,12-13,16H,6,8H2,(H,14,15). The molecule has 3 N–H and O–H groups in total. The molecule has 1 aromatic heterocycles. The number of aliphatic hydroxyl groups is 1. The van der Waals surface area contributed by atoms with Crippen LogP contribution in [0, 0.1) is 0 Å². The Labute approximate surface area is 94.4 Å². The average molecular weight is 217 g/mol. The number of aliphatic hydroxyl groups excluding tert-OH is 1. The van der Waals surface area contributed by atoms with Gasteiger partial charge in [0.2, 0.25) is 0 Å². The van der Waals surface area contributed by atoms with Crippen LogP contribution >= 0.6 is 0 Å². The first-order chi connectivity index (χ1) is 7.86. The second-order valence-electron chi connectivity index (χ2n) is 3.63. The zero-order chi connectivity index (χ0) is 11.2. The van der Waals surface area contributed by atoms with E-state index in [2.05, 4.69) is 15.3 Å². The fourth-order valence-electron chi connectivity index (χ4n) is 1.52. The molecule has 1 atom stereocenters. The summed E-state index contributed by atoms with van der Waals surface area (Å²) >= 11 is 0. The van der Waals surface area contributed by atoms with Gasteiger partial charge < -0.3 is 15.4 Å². The van der Waals surface area contributed by atoms with Crippen LogP contribution in [0.3, 0.4) is 0 Å². The van der Waals surface area contributed by atoms with Gasteiger partial charge in [0.15, 0.2) is 0 Å². The van der Waals surface area contributed by atoms with Crippen molar-refractivity contribution in [2.75, 3.05) is 6.54 Å². The number of aromatic nitrogens is 2. The predicted molar refractivity (Wildman–Crippen MR) is 61.7 cm³/mol. The van der Waals surface area contributed by atoms with Crippen LogP contribution in [0.15, 0.2) is 42.9 Å². The highest BCUT2D eigenvalue weighted by Crippen LogP contribution is 2.10. The fraction of sp³-hybridized carbons (Fsp3) is 0.250. The van der Waals surface area contributed by atoms with Crippen molar-refractivity contribution in [1.82, 2.24) is 15.3 Å². The normalized spacial score (nSPS) is 12.6. The molecule has 2 aromatic rings. The maximum absolute atomic E-state index is 9.86. The number of H-pyrrole nitrogens is 1. The third kappa shape index (κ3) is 2.92. The third-order valence-electron chi connectivity index (χ3n) is 2.39. The van der Waals surface area contributed by atoms with Crippen LogP contribution in [-0.2, 0) is 6.54 Å². The Morgan fingerprint density at radius 1 is 1.31 bits per heavy atom. The molecule has 0 saturated carbocycles. The Bertz CT molecular complexity index is 399. The van der Waals surface area contributed by atoms with Crippen molar-refractivity contribution in [1.29, 1.82) is 0 Å². The number of aromatic amines is 1. The maximum Gasteiger partial charge on any atom is 0.0922 e. The second-order valence-corrected chi connectivity index (χ2v) is 3.63. The molecule has 0 aliphatic heterocycles.